The molecule has 21 heavy (non-hydrogen) atoms. The van der Waals surface area contributed by atoms with Gasteiger partial charge in [-0.05, 0) is 54.9 Å². The fraction of sp³-hybridized carbons (Fsp3) is 0.294. The lowest BCUT2D eigenvalue weighted by atomic mass is 10.1. The summed E-state index contributed by atoms with van der Waals surface area (Å²) in [6.45, 7) is 2.27. The molecule has 0 aliphatic heterocycles. The SMILES string of the molecule is COc1ccc(N(CCCN)Cc2cccc(O)c2)cc1. The maximum absolute atomic E-state index is 9.59. The molecule has 0 aromatic heterocycles. The standard InChI is InChI=1S/C17H22N2O2/c1-21-17-8-6-15(7-9-17)19(11-3-10-18)13-14-4-2-5-16(20)12-14/h2,4-9,12,20H,3,10-11,13,18H2,1H3. The number of nitrogens with two attached hydrogens (primary N) is 1. The second-order valence-electron chi connectivity index (χ2n) is 4.93. The van der Waals surface area contributed by atoms with Crippen molar-refractivity contribution in [3.8, 4) is 11.5 Å². The first-order valence-electron chi connectivity index (χ1n) is 7.10. The summed E-state index contributed by atoms with van der Waals surface area (Å²) in [6, 6.07) is 15.3. The number of anilines is 1. The van der Waals surface area contributed by atoms with Crippen molar-refractivity contribution in [2.24, 2.45) is 5.73 Å². The fourth-order valence-corrected chi connectivity index (χ4v) is 2.25. The summed E-state index contributed by atoms with van der Waals surface area (Å²) in [5.74, 6) is 1.14. The highest BCUT2D eigenvalue weighted by Gasteiger charge is 2.08. The van der Waals surface area contributed by atoms with Crippen LogP contribution in [0.1, 0.15) is 12.0 Å². The van der Waals surface area contributed by atoms with E-state index in [9.17, 15) is 5.11 Å². The highest BCUT2D eigenvalue weighted by atomic mass is 16.5. The first-order valence-corrected chi connectivity index (χ1v) is 7.10. The summed E-state index contributed by atoms with van der Waals surface area (Å²) < 4.78 is 5.19. The zero-order chi connectivity index (χ0) is 15.1. The third-order valence-corrected chi connectivity index (χ3v) is 3.35. The van der Waals surface area contributed by atoms with Crippen LogP contribution in [0.25, 0.3) is 0 Å². The quantitative estimate of drug-likeness (QED) is 0.821. The van der Waals surface area contributed by atoms with Crippen molar-refractivity contribution in [2.45, 2.75) is 13.0 Å². The minimum absolute atomic E-state index is 0.293. The lowest BCUT2D eigenvalue weighted by Gasteiger charge is -2.25. The normalized spacial score (nSPS) is 10.4. The molecule has 2 aromatic rings. The lowest BCUT2D eigenvalue weighted by Crippen LogP contribution is -2.25. The first-order chi connectivity index (χ1) is 10.2. The number of ether oxygens (including phenoxy) is 1. The van der Waals surface area contributed by atoms with Gasteiger partial charge in [0.15, 0.2) is 0 Å². The van der Waals surface area contributed by atoms with Crippen LogP contribution in [0.15, 0.2) is 48.5 Å². The van der Waals surface area contributed by atoms with Crippen LogP contribution in [0.2, 0.25) is 0 Å². The van der Waals surface area contributed by atoms with E-state index >= 15 is 0 Å². The van der Waals surface area contributed by atoms with Crippen molar-refractivity contribution in [1.29, 1.82) is 0 Å². The Morgan fingerprint density at radius 3 is 2.52 bits per heavy atom. The van der Waals surface area contributed by atoms with Gasteiger partial charge < -0.3 is 20.5 Å². The first kappa shape index (κ1) is 15.2. The van der Waals surface area contributed by atoms with Crippen molar-refractivity contribution in [3.63, 3.8) is 0 Å². The molecule has 0 radical (unpaired) electrons. The molecule has 4 nitrogen and oxygen atoms in total. The van der Waals surface area contributed by atoms with Crippen LogP contribution in [0.3, 0.4) is 0 Å². The van der Waals surface area contributed by atoms with Gasteiger partial charge >= 0.3 is 0 Å². The number of phenolic OH excluding ortho intramolecular Hbond substituents is 1. The Labute approximate surface area is 125 Å². The Morgan fingerprint density at radius 2 is 1.90 bits per heavy atom. The van der Waals surface area contributed by atoms with Crippen LogP contribution in [0.4, 0.5) is 5.69 Å². The van der Waals surface area contributed by atoms with Crippen LogP contribution in [-0.4, -0.2) is 25.3 Å². The topological polar surface area (TPSA) is 58.7 Å². The van der Waals surface area contributed by atoms with Gasteiger partial charge in [0.1, 0.15) is 11.5 Å². The maximum atomic E-state index is 9.59. The summed E-state index contributed by atoms with van der Waals surface area (Å²) in [5, 5.41) is 9.59. The minimum atomic E-state index is 0.293. The van der Waals surface area contributed by atoms with E-state index in [1.807, 2.05) is 36.4 Å². The molecule has 0 heterocycles. The number of hydrogen-bond acceptors (Lipinski definition) is 4. The van der Waals surface area contributed by atoms with E-state index in [1.54, 1.807) is 19.2 Å². The Kier molecular flexibility index (Phi) is 5.46. The molecule has 3 N–H and O–H groups in total. The Bertz CT molecular complexity index is 555. The molecule has 0 saturated carbocycles. The van der Waals surface area contributed by atoms with E-state index in [4.69, 9.17) is 10.5 Å². The predicted octanol–water partition coefficient (Wildman–Crippen LogP) is 2.76. The molecule has 0 aliphatic rings. The van der Waals surface area contributed by atoms with Crippen molar-refractivity contribution < 1.29 is 9.84 Å². The summed E-state index contributed by atoms with van der Waals surface area (Å²) in [7, 11) is 1.66. The summed E-state index contributed by atoms with van der Waals surface area (Å²) in [6.07, 6.45) is 0.921. The van der Waals surface area contributed by atoms with Gasteiger partial charge in [-0.1, -0.05) is 12.1 Å². The average Bonchev–Trinajstić information content (AvgIpc) is 2.51. The zero-order valence-corrected chi connectivity index (χ0v) is 12.3. The van der Waals surface area contributed by atoms with Crippen molar-refractivity contribution >= 4 is 5.69 Å². The molecule has 0 atom stereocenters. The molecule has 2 aromatic carbocycles. The largest absolute Gasteiger partial charge is 0.508 e. The average molecular weight is 286 g/mol. The number of rotatable bonds is 7. The second kappa shape index (κ2) is 7.55. The van der Waals surface area contributed by atoms with Gasteiger partial charge in [0.2, 0.25) is 0 Å². The summed E-state index contributed by atoms with van der Waals surface area (Å²) >= 11 is 0. The van der Waals surface area contributed by atoms with Gasteiger partial charge in [-0.15, -0.1) is 0 Å². The highest BCUT2D eigenvalue weighted by Crippen LogP contribution is 2.22. The van der Waals surface area contributed by atoms with Gasteiger partial charge in [0, 0.05) is 18.8 Å². The van der Waals surface area contributed by atoms with Gasteiger partial charge in [-0.3, -0.25) is 0 Å². The van der Waals surface area contributed by atoms with Crippen molar-refractivity contribution in [3.05, 3.63) is 54.1 Å². The van der Waals surface area contributed by atoms with E-state index in [0.717, 1.165) is 36.5 Å². The Balaban J connectivity index is 2.16. The van der Waals surface area contributed by atoms with Crippen LogP contribution < -0.4 is 15.4 Å². The van der Waals surface area contributed by atoms with Crippen LogP contribution >= 0.6 is 0 Å². The predicted molar refractivity (Wildman–Crippen MR) is 85.8 cm³/mol. The summed E-state index contributed by atoms with van der Waals surface area (Å²) in [4.78, 5) is 2.25. The maximum Gasteiger partial charge on any atom is 0.119 e. The van der Waals surface area contributed by atoms with Crippen molar-refractivity contribution in [1.82, 2.24) is 0 Å². The molecule has 0 unspecified atom stereocenters. The van der Waals surface area contributed by atoms with Crippen LogP contribution in [0.5, 0.6) is 11.5 Å². The third-order valence-electron chi connectivity index (χ3n) is 3.35. The molecule has 0 bridgehead atoms. The molecule has 2 rings (SSSR count). The molecule has 0 aliphatic carbocycles. The molecule has 0 amide bonds. The summed E-state index contributed by atoms with van der Waals surface area (Å²) in [5.41, 5.74) is 7.82. The monoisotopic (exact) mass is 286 g/mol. The molecule has 0 spiro atoms. The van der Waals surface area contributed by atoms with Gasteiger partial charge in [-0.2, -0.15) is 0 Å². The van der Waals surface area contributed by atoms with Crippen LogP contribution in [0, 0.1) is 0 Å². The third kappa shape index (κ3) is 4.39. The van der Waals surface area contributed by atoms with Crippen LogP contribution in [-0.2, 0) is 6.54 Å². The van der Waals surface area contributed by atoms with Gasteiger partial charge in [-0.25, -0.2) is 0 Å². The van der Waals surface area contributed by atoms with E-state index in [1.165, 1.54) is 0 Å². The number of aromatic hydroxyl groups is 1. The smallest absolute Gasteiger partial charge is 0.119 e. The number of methoxy groups -OCH3 is 1. The molecule has 0 saturated heterocycles. The Morgan fingerprint density at radius 1 is 1.14 bits per heavy atom. The minimum Gasteiger partial charge on any atom is -0.508 e. The fourth-order valence-electron chi connectivity index (χ4n) is 2.25. The number of nitrogens with zero attached hydrogens (tertiary/aromatic N) is 1. The van der Waals surface area contributed by atoms with E-state index in [0.29, 0.717) is 12.3 Å². The van der Waals surface area contributed by atoms with E-state index in [-0.39, 0.29) is 0 Å². The number of hydrogen-bond donors (Lipinski definition) is 2. The molecular weight excluding hydrogens is 264 g/mol. The van der Waals surface area contributed by atoms with Gasteiger partial charge in [0.05, 0.1) is 7.11 Å². The number of benzene rings is 2. The Hall–Kier alpha value is -2.20. The van der Waals surface area contributed by atoms with E-state index < -0.39 is 0 Å². The zero-order valence-electron chi connectivity index (χ0n) is 12.3. The van der Waals surface area contributed by atoms with Gasteiger partial charge in [0.25, 0.3) is 0 Å². The molecule has 4 heteroatoms. The highest BCUT2D eigenvalue weighted by molar-refractivity contribution is 5.49. The molecule has 0 fully saturated rings. The molecule has 112 valence electrons. The lowest BCUT2D eigenvalue weighted by molar-refractivity contribution is 0.415. The molecular formula is C17H22N2O2. The second-order valence-corrected chi connectivity index (χ2v) is 4.93. The van der Waals surface area contributed by atoms with Crippen molar-refractivity contribution in [2.75, 3.05) is 25.1 Å². The number of phenols is 1. The van der Waals surface area contributed by atoms with E-state index in [2.05, 4.69) is 4.90 Å².